The van der Waals surface area contributed by atoms with E-state index >= 15 is 0 Å². The summed E-state index contributed by atoms with van der Waals surface area (Å²) >= 11 is 0. The van der Waals surface area contributed by atoms with Crippen molar-refractivity contribution in [1.82, 2.24) is 0 Å². The second kappa shape index (κ2) is 10.1. The van der Waals surface area contributed by atoms with Crippen LogP contribution < -0.4 is 0 Å². The van der Waals surface area contributed by atoms with Crippen molar-refractivity contribution in [3.63, 3.8) is 0 Å². The molecule has 5 saturated carbocycles. The molecule has 6 aliphatic carbocycles. The summed E-state index contributed by atoms with van der Waals surface area (Å²) in [6.45, 7) is 21.8. The van der Waals surface area contributed by atoms with E-state index in [2.05, 4.69) is 68.4 Å². The zero-order valence-electron chi connectivity index (χ0n) is 29.8. The van der Waals surface area contributed by atoms with Crippen molar-refractivity contribution in [3.05, 3.63) is 11.6 Å². The maximum Gasteiger partial charge on any atom is 0.311 e. The van der Waals surface area contributed by atoms with Crippen molar-refractivity contribution in [2.45, 2.75) is 152 Å². The number of carboxylic acid groups (broad SMARTS) is 1. The van der Waals surface area contributed by atoms with Gasteiger partial charge in [0.15, 0.2) is 0 Å². The van der Waals surface area contributed by atoms with Crippen LogP contribution in [-0.2, 0) is 19.1 Å². The first-order valence-corrected chi connectivity index (χ1v) is 18.7. The zero-order chi connectivity index (χ0) is 32.5. The van der Waals surface area contributed by atoms with Crippen LogP contribution in [0.25, 0.3) is 0 Å². The predicted molar refractivity (Wildman–Crippen MR) is 176 cm³/mol. The van der Waals surface area contributed by atoms with Crippen molar-refractivity contribution in [2.75, 3.05) is 0 Å². The fourth-order valence-electron chi connectivity index (χ4n) is 13.9. The minimum absolute atomic E-state index is 0.0242. The number of hydrogen-bond acceptors (Lipinski definition) is 4. The summed E-state index contributed by atoms with van der Waals surface area (Å²) in [4.78, 5) is 26.1. The van der Waals surface area contributed by atoms with Crippen LogP contribution in [0.15, 0.2) is 11.6 Å². The minimum Gasteiger partial charge on any atom is -0.481 e. The quantitative estimate of drug-likeness (QED) is 0.193. The van der Waals surface area contributed by atoms with Crippen LogP contribution in [-0.4, -0.2) is 29.4 Å². The summed E-state index contributed by atoms with van der Waals surface area (Å²) in [7, 11) is 0. The molecule has 1 N–H and O–H groups in total. The molecule has 0 aromatic carbocycles. The van der Waals surface area contributed by atoms with E-state index in [4.69, 9.17) is 9.47 Å². The van der Waals surface area contributed by atoms with Crippen molar-refractivity contribution < 1.29 is 24.2 Å². The highest BCUT2D eigenvalue weighted by atomic mass is 16.7. The Bertz CT molecular complexity index is 1280. The number of carbonyl (C=O) groups excluding carboxylic acids is 1. The first-order valence-electron chi connectivity index (χ1n) is 18.7. The fourth-order valence-corrected chi connectivity index (χ4v) is 13.9. The molecule has 0 amide bonds. The minimum atomic E-state index is -0.585. The van der Waals surface area contributed by atoms with Crippen LogP contribution in [0.5, 0.6) is 0 Å². The zero-order valence-corrected chi connectivity index (χ0v) is 29.8. The Morgan fingerprint density at radius 1 is 0.889 bits per heavy atom. The van der Waals surface area contributed by atoms with Crippen LogP contribution >= 0.6 is 0 Å². The number of esters is 1. The molecule has 1 heterocycles. The summed E-state index contributed by atoms with van der Waals surface area (Å²) in [6.07, 6.45) is 14.7. The van der Waals surface area contributed by atoms with Gasteiger partial charge in [0.25, 0.3) is 0 Å². The monoisotopic (exact) mass is 622 g/mol. The van der Waals surface area contributed by atoms with Crippen LogP contribution in [0.1, 0.15) is 139 Å². The molecule has 3 unspecified atom stereocenters. The topological polar surface area (TPSA) is 72.8 Å². The molecule has 0 spiro atoms. The van der Waals surface area contributed by atoms with E-state index in [0.717, 1.165) is 64.2 Å². The van der Waals surface area contributed by atoms with E-state index < -0.39 is 17.7 Å². The largest absolute Gasteiger partial charge is 0.481 e. The standard InChI is InChI=1S/C40H62O5/c1-23-10-11-25-24(2)33(45-32(41)31(23)25)44-30-15-16-37(7)28(36(30,5)6)14-17-39(9)29(37)13-12-26-27-22-35(3,4)18-20-40(27,34(42)43)21-19-38(26,39)8/h12,23-25,27-31,33H,10-11,13-22H2,1-9H3,(H,42,43)/t23-,24-,25?,27?,28?,29+,30-,31+,33-,37-,38+,39+,40-/m0/s1. The Hall–Kier alpha value is -1.36. The Kier molecular flexibility index (Phi) is 7.21. The second-order valence-electron chi connectivity index (χ2n) is 19.6. The SMILES string of the molecule is C[C@H]1CCC2[C@H](C)[C@@H](O[C@H]3CC[C@@]4(C)C(CC[C@]5(C)[C@@H]4CC=C4C6CC(C)(C)CC[C@]6(C(=O)O)CC[C@]45C)C3(C)C)OC(=O)[C@@H]21. The molecule has 6 fully saturated rings. The van der Waals surface area contributed by atoms with Crippen molar-refractivity contribution in [1.29, 1.82) is 0 Å². The Labute approximate surface area is 273 Å². The average molecular weight is 623 g/mol. The van der Waals surface area contributed by atoms with Gasteiger partial charge in [-0.25, -0.2) is 0 Å². The maximum atomic E-state index is 13.1. The molecule has 0 aromatic heterocycles. The number of allylic oxidation sites excluding steroid dienone is 2. The molecule has 5 nitrogen and oxygen atoms in total. The molecular formula is C40H62O5. The van der Waals surface area contributed by atoms with Crippen LogP contribution in [0, 0.1) is 73.9 Å². The smallest absolute Gasteiger partial charge is 0.311 e. The molecular weight excluding hydrogens is 560 g/mol. The van der Waals surface area contributed by atoms with Gasteiger partial charge < -0.3 is 14.6 Å². The average Bonchev–Trinajstić information content (AvgIpc) is 3.35. The third kappa shape index (κ3) is 4.26. The van der Waals surface area contributed by atoms with Gasteiger partial charge in [0.1, 0.15) is 0 Å². The van der Waals surface area contributed by atoms with Gasteiger partial charge in [0, 0.05) is 5.92 Å². The molecule has 1 aliphatic heterocycles. The van der Waals surface area contributed by atoms with Gasteiger partial charge >= 0.3 is 11.9 Å². The van der Waals surface area contributed by atoms with Gasteiger partial charge in [0.2, 0.25) is 6.29 Å². The number of carboxylic acids is 1. The van der Waals surface area contributed by atoms with Gasteiger partial charge in [-0.1, -0.05) is 74.0 Å². The summed E-state index contributed by atoms with van der Waals surface area (Å²) in [6, 6.07) is 0. The van der Waals surface area contributed by atoms with Gasteiger partial charge in [-0.3, -0.25) is 9.59 Å². The Morgan fingerprint density at radius 3 is 2.31 bits per heavy atom. The van der Waals surface area contributed by atoms with Gasteiger partial charge in [-0.15, -0.1) is 0 Å². The lowest BCUT2D eigenvalue weighted by Gasteiger charge is -2.71. The molecule has 7 rings (SSSR count). The number of aliphatic carboxylic acids is 1. The fraction of sp³-hybridized carbons (Fsp3) is 0.900. The van der Waals surface area contributed by atoms with E-state index in [1.54, 1.807) is 0 Å². The molecule has 0 bridgehead atoms. The van der Waals surface area contributed by atoms with Crippen molar-refractivity contribution in [2.24, 2.45) is 73.9 Å². The molecule has 1 saturated heterocycles. The Morgan fingerprint density at radius 2 is 1.60 bits per heavy atom. The third-order valence-corrected chi connectivity index (χ3v) is 16.9. The van der Waals surface area contributed by atoms with Gasteiger partial charge in [0.05, 0.1) is 17.4 Å². The van der Waals surface area contributed by atoms with Crippen molar-refractivity contribution >= 4 is 11.9 Å². The molecule has 252 valence electrons. The summed E-state index contributed by atoms with van der Waals surface area (Å²) in [5.74, 6) is 1.76. The van der Waals surface area contributed by atoms with Crippen molar-refractivity contribution in [3.8, 4) is 0 Å². The number of fused-ring (bicyclic) bond motifs is 8. The number of cyclic esters (lactones) is 1. The van der Waals surface area contributed by atoms with E-state index in [0.29, 0.717) is 23.7 Å². The highest BCUT2D eigenvalue weighted by Crippen LogP contribution is 2.76. The summed E-state index contributed by atoms with van der Waals surface area (Å²) < 4.78 is 13.0. The third-order valence-electron chi connectivity index (χ3n) is 16.9. The summed E-state index contributed by atoms with van der Waals surface area (Å²) in [5, 5.41) is 10.7. The molecule has 45 heavy (non-hydrogen) atoms. The Balaban J connectivity index is 1.16. The van der Waals surface area contributed by atoms with E-state index in [1.165, 1.54) is 18.4 Å². The first-order chi connectivity index (χ1) is 20.9. The second-order valence-corrected chi connectivity index (χ2v) is 19.6. The van der Waals surface area contributed by atoms with Gasteiger partial charge in [-0.2, -0.15) is 0 Å². The van der Waals surface area contributed by atoms with Crippen LogP contribution in [0.3, 0.4) is 0 Å². The van der Waals surface area contributed by atoms with Gasteiger partial charge in [-0.05, 0) is 134 Å². The number of hydrogen-bond donors (Lipinski definition) is 1. The first kappa shape index (κ1) is 32.2. The number of ether oxygens (including phenoxy) is 2. The molecule has 0 radical (unpaired) electrons. The molecule has 7 aliphatic rings. The highest BCUT2D eigenvalue weighted by molar-refractivity contribution is 5.77. The summed E-state index contributed by atoms with van der Waals surface area (Å²) in [5.41, 5.74) is 1.47. The lowest BCUT2D eigenvalue weighted by atomic mass is 9.33. The lowest BCUT2D eigenvalue weighted by molar-refractivity contribution is -0.271. The molecule has 5 heteroatoms. The van der Waals surface area contributed by atoms with E-state index in [9.17, 15) is 14.7 Å². The maximum absolute atomic E-state index is 13.1. The van der Waals surface area contributed by atoms with E-state index in [-0.39, 0.29) is 56.9 Å². The molecule has 0 aromatic rings. The van der Waals surface area contributed by atoms with Crippen LogP contribution in [0.4, 0.5) is 0 Å². The lowest BCUT2D eigenvalue weighted by Crippen LogP contribution is -2.65. The van der Waals surface area contributed by atoms with E-state index in [1.807, 2.05) is 0 Å². The molecule has 13 atom stereocenters. The number of rotatable bonds is 3. The normalized spacial score (nSPS) is 53.0. The van der Waals surface area contributed by atoms with Crippen LogP contribution in [0.2, 0.25) is 0 Å². The highest BCUT2D eigenvalue weighted by Gasteiger charge is 2.69. The number of carbonyl (C=O) groups is 2. The predicted octanol–water partition coefficient (Wildman–Crippen LogP) is 9.44.